The van der Waals surface area contributed by atoms with E-state index in [1.807, 2.05) is 0 Å². The van der Waals surface area contributed by atoms with E-state index in [4.69, 9.17) is 0 Å². The third kappa shape index (κ3) is 2.75. The van der Waals surface area contributed by atoms with Crippen LogP contribution in [-0.4, -0.2) is 36.1 Å². The first-order valence-corrected chi connectivity index (χ1v) is 5.94. The van der Waals surface area contributed by atoms with Gasteiger partial charge in [0.2, 0.25) is 5.91 Å². The average Bonchev–Trinajstić information content (AvgIpc) is 2.39. The Bertz CT molecular complexity index is 518. The number of rotatable bonds is 3. The molecule has 0 fully saturated rings. The number of pyridine rings is 1. The van der Waals surface area contributed by atoms with Crippen LogP contribution in [0.5, 0.6) is 0 Å². The number of methoxy groups -OCH3 is 1. The molecular weight excluding hydrogens is 248 g/mol. The summed E-state index contributed by atoms with van der Waals surface area (Å²) < 4.78 is 4.63. The Balaban J connectivity index is 2.15. The Morgan fingerprint density at radius 1 is 1.53 bits per heavy atom. The fraction of sp³-hybridized carbons (Fsp3) is 0.417. The highest BCUT2D eigenvalue weighted by Crippen LogP contribution is 2.26. The Labute approximate surface area is 110 Å². The van der Waals surface area contributed by atoms with Crippen LogP contribution in [0.1, 0.15) is 13.8 Å². The molecule has 7 heteroatoms. The maximum atomic E-state index is 11.5. The summed E-state index contributed by atoms with van der Waals surface area (Å²) in [5.41, 5.74) is 0.624. The Morgan fingerprint density at radius 2 is 2.26 bits per heavy atom. The molecule has 2 rings (SSSR count). The van der Waals surface area contributed by atoms with E-state index in [2.05, 4.69) is 25.7 Å². The van der Waals surface area contributed by atoms with Crippen LogP contribution in [0, 0.1) is 0 Å². The molecule has 0 bridgehead atoms. The minimum absolute atomic E-state index is 0.0991. The number of carbonyl (C=O) groups is 2. The highest BCUT2D eigenvalue weighted by molar-refractivity contribution is 6.02. The van der Waals surface area contributed by atoms with Crippen molar-refractivity contribution in [2.45, 2.75) is 25.9 Å². The third-order valence-electron chi connectivity index (χ3n) is 2.82. The Kier molecular flexibility index (Phi) is 3.55. The standard InChI is InChI=1S/C12H16N4O3/c1-6-11(17)15-8-4-5-9(16-10(8)14-6)13-7(2)12(18)19-3/h4-7H,1-3H3,(H,15,17)(H2,13,14,16)/t6-,7-/m0/s1. The monoisotopic (exact) mass is 264 g/mol. The molecule has 0 spiro atoms. The van der Waals surface area contributed by atoms with Gasteiger partial charge >= 0.3 is 5.97 Å². The van der Waals surface area contributed by atoms with Gasteiger partial charge < -0.3 is 20.7 Å². The molecule has 1 aromatic rings. The SMILES string of the molecule is COC(=O)[C@H](C)Nc1ccc2c(n1)N[C@@H](C)C(=O)N2. The van der Waals surface area contributed by atoms with Gasteiger partial charge in [-0.25, -0.2) is 9.78 Å². The van der Waals surface area contributed by atoms with Crippen molar-refractivity contribution in [2.24, 2.45) is 0 Å². The number of esters is 1. The maximum Gasteiger partial charge on any atom is 0.328 e. The molecule has 2 atom stereocenters. The van der Waals surface area contributed by atoms with Gasteiger partial charge in [-0.15, -0.1) is 0 Å². The lowest BCUT2D eigenvalue weighted by molar-refractivity contribution is -0.141. The molecule has 1 amide bonds. The summed E-state index contributed by atoms with van der Waals surface area (Å²) >= 11 is 0. The molecule has 102 valence electrons. The summed E-state index contributed by atoms with van der Waals surface area (Å²) in [6.07, 6.45) is 0. The number of hydrogen-bond donors (Lipinski definition) is 3. The highest BCUT2D eigenvalue weighted by Gasteiger charge is 2.23. The molecule has 19 heavy (non-hydrogen) atoms. The number of ether oxygens (including phenoxy) is 1. The highest BCUT2D eigenvalue weighted by atomic mass is 16.5. The number of aromatic nitrogens is 1. The van der Waals surface area contributed by atoms with E-state index in [-0.39, 0.29) is 17.9 Å². The zero-order chi connectivity index (χ0) is 14.0. The number of fused-ring (bicyclic) bond motifs is 1. The molecule has 0 unspecified atom stereocenters. The molecule has 0 radical (unpaired) electrons. The molecule has 1 aromatic heterocycles. The van der Waals surface area contributed by atoms with Gasteiger partial charge in [0.1, 0.15) is 17.9 Å². The predicted molar refractivity (Wildman–Crippen MR) is 71.1 cm³/mol. The van der Waals surface area contributed by atoms with Crippen molar-refractivity contribution in [1.82, 2.24) is 4.98 Å². The second-order valence-electron chi connectivity index (χ2n) is 4.34. The van der Waals surface area contributed by atoms with Crippen molar-refractivity contribution in [1.29, 1.82) is 0 Å². The van der Waals surface area contributed by atoms with Crippen molar-refractivity contribution < 1.29 is 14.3 Å². The van der Waals surface area contributed by atoms with E-state index < -0.39 is 6.04 Å². The summed E-state index contributed by atoms with van der Waals surface area (Å²) in [6.45, 7) is 3.43. The van der Waals surface area contributed by atoms with Gasteiger partial charge in [0.15, 0.2) is 5.82 Å². The van der Waals surface area contributed by atoms with Crippen LogP contribution in [0.4, 0.5) is 17.3 Å². The minimum atomic E-state index is -0.494. The third-order valence-corrected chi connectivity index (χ3v) is 2.82. The van der Waals surface area contributed by atoms with Gasteiger partial charge in [0, 0.05) is 0 Å². The lowest BCUT2D eigenvalue weighted by Gasteiger charge is -2.24. The van der Waals surface area contributed by atoms with Crippen LogP contribution in [0.25, 0.3) is 0 Å². The lowest BCUT2D eigenvalue weighted by atomic mass is 10.2. The van der Waals surface area contributed by atoms with Crippen molar-refractivity contribution in [3.05, 3.63) is 12.1 Å². The number of nitrogens with zero attached hydrogens (tertiary/aromatic N) is 1. The number of anilines is 3. The van der Waals surface area contributed by atoms with E-state index in [9.17, 15) is 9.59 Å². The largest absolute Gasteiger partial charge is 0.467 e. The van der Waals surface area contributed by atoms with Gasteiger partial charge in [0.05, 0.1) is 12.8 Å². The Hall–Kier alpha value is -2.31. The molecule has 0 saturated carbocycles. The van der Waals surface area contributed by atoms with E-state index in [1.165, 1.54) is 7.11 Å². The fourth-order valence-electron chi connectivity index (χ4n) is 1.72. The molecule has 0 aliphatic carbocycles. The van der Waals surface area contributed by atoms with Gasteiger partial charge in [-0.05, 0) is 26.0 Å². The van der Waals surface area contributed by atoms with Crippen LogP contribution in [0.2, 0.25) is 0 Å². The van der Waals surface area contributed by atoms with E-state index in [0.717, 1.165) is 0 Å². The summed E-state index contributed by atoms with van der Waals surface area (Å²) in [4.78, 5) is 27.1. The van der Waals surface area contributed by atoms with Crippen LogP contribution in [0.15, 0.2) is 12.1 Å². The van der Waals surface area contributed by atoms with Gasteiger partial charge in [-0.2, -0.15) is 0 Å². The first-order chi connectivity index (χ1) is 9.01. The molecule has 0 aromatic carbocycles. The van der Waals surface area contributed by atoms with E-state index >= 15 is 0 Å². The summed E-state index contributed by atoms with van der Waals surface area (Å²) in [6, 6.07) is 2.58. The number of carbonyl (C=O) groups excluding carboxylic acids is 2. The van der Waals surface area contributed by atoms with Crippen molar-refractivity contribution in [3.8, 4) is 0 Å². The van der Waals surface area contributed by atoms with Crippen molar-refractivity contribution in [2.75, 3.05) is 23.1 Å². The first kappa shape index (κ1) is 13.1. The van der Waals surface area contributed by atoms with Crippen LogP contribution >= 0.6 is 0 Å². The van der Waals surface area contributed by atoms with Gasteiger partial charge in [-0.1, -0.05) is 0 Å². The zero-order valence-electron chi connectivity index (χ0n) is 11.0. The topological polar surface area (TPSA) is 92.3 Å². The first-order valence-electron chi connectivity index (χ1n) is 5.94. The van der Waals surface area contributed by atoms with E-state index in [1.54, 1.807) is 26.0 Å². The normalized spacial score (nSPS) is 18.7. The van der Waals surface area contributed by atoms with Gasteiger partial charge in [0.25, 0.3) is 0 Å². The molecular formula is C12H16N4O3. The average molecular weight is 264 g/mol. The Morgan fingerprint density at radius 3 is 2.95 bits per heavy atom. The molecule has 0 saturated heterocycles. The number of amides is 1. The summed E-state index contributed by atoms with van der Waals surface area (Å²) in [5.74, 6) is 0.647. The molecule has 1 aliphatic heterocycles. The quantitative estimate of drug-likeness (QED) is 0.700. The second kappa shape index (κ2) is 5.13. The van der Waals surface area contributed by atoms with Gasteiger partial charge in [-0.3, -0.25) is 4.79 Å². The van der Waals surface area contributed by atoms with Crippen LogP contribution in [0.3, 0.4) is 0 Å². The summed E-state index contributed by atoms with van der Waals surface area (Å²) in [7, 11) is 1.33. The fourth-order valence-corrected chi connectivity index (χ4v) is 1.72. The minimum Gasteiger partial charge on any atom is -0.467 e. The second-order valence-corrected chi connectivity index (χ2v) is 4.34. The maximum absolute atomic E-state index is 11.5. The zero-order valence-corrected chi connectivity index (χ0v) is 11.0. The van der Waals surface area contributed by atoms with Crippen LogP contribution < -0.4 is 16.0 Å². The molecule has 1 aliphatic rings. The summed E-state index contributed by atoms with van der Waals surface area (Å²) in [5, 5.41) is 8.66. The molecule has 2 heterocycles. The molecule has 7 nitrogen and oxygen atoms in total. The predicted octanol–water partition coefficient (Wildman–Crippen LogP) is 0.807. The number of nitrogens with one attached hydrogen (secondary N) is 3. The van der Waals surface area contributed by atoms with Crippen LogP contribution in [-0.2, 0) is 14.3 Å². The van der Waals surface area contributed by atoms with Crippen molar-refractivity contribution >= 4 is 29.2 Å². The van der Waals surface area contributed by atoms with Crippen molar-refractivity contribution in [3.63, 3.8) is 0 Å². The molecule has 3 N–H and O–H groups in total. The van der Waals surface area contributed by atoms with E-state index in [0.29, 0.717) is 17.3 Å². The lowest BCUT2D eigenvalue weighted by Crippen LogP contribution is -2.37. The number of hydrogen-bond acceptors (Lipinski definition) is 6. The smallest absolute Gasteiger partial charge is 0.328 e.